The number of aromatic nitrogens is 10. The Morgan fingerprint density at radius 1 is 0.331 bits per heavy atom. The van der Waals surface area contributed by atoms with Crippen LogP contribution in [0.5, 0.6) is 11.5 Å². The van der Waals surface area contributed by atoms with Crippen molar-refractivity contribution in [3.8, 4) is 23.3 Å². The minimum absolute atomic E-state index is 0.254. The Bertz CT molecular complexity index is 7290. The molecule has 5 aromatic heterocycles. The van der Waals surface area contributed by atoms with Gasteiger partial charge in [0, 0.05) is 81.4 Å². The van der Waals surface area contributed by atoms with Gasteiger partial charge in [-0.15, -0.1) is 0 Å². The number of nitrogens with zero attached hydrogens (tertiary/aromatic N) is 12. The van der Waals surface area contributed by atoms with Crippen LogP contribution in [-0.4, -0.2) is 199 Å². The van der Waals surface area contributed by atoms with Gasteiger partial charge in [0.25, 0.3) is 5.91 Å². The topological polar surface area (TPSA) is 546 Å². The average molecular weight is 1960 g/mol. The number of carbonyl (C=O) groups excluding carboxylic acids is 5. The molecule has 0 aliphatic carbocycles. The van der Waals surface area contributed by atoms with Crippen molar-refractivity contribution in [1.29, 1.82) is 0 Å². The fourth-order valence-corrected chi connectivity index (χ4v) is 14.0. The van der Waals surface area contributed by atoms with Gasteiger partial charge in [0.1, 0.15) is 72.2 Å². The molecule has 0 aliphatic heterocycles. The summed E-state index contributed by atoms with van der Waals surface area (Å²) < 4.78 is 11.3. The number of likely N-dealkylation sites (N-methyl/N-ethyl adjacent to an activating group) is 2. The van der Waals surface area contributed by atoms with E-state index in [0.717, 1.165) is 6.08 Å². The second-order valence-corrected chi connectivity index (χ2v) is 31.6. The number of anilines is 10. The molecule has 15 aromatic rings. The van der Waals surface area contributed by atoms with Crippen LogP contribution in [0, 0.1) is 11.8 Å². The third-order valence-electron chi connectivity index (χ3n) is 20.7. The largest absolute Gasteiger partial charge is 0.492 e. The molecule has 145 heavy (non-hydrogen) atoms. The molecule has 0 unspecified atom stereocenters. The zero-order valence-corrected chi connectivity index (χ0v) is 79.4. The van der Waals surface area contributed by atoms with Crippen molar-refractivity contribution in [2.24, 2.45) is 0 Å². The van der Waals surface area contributed by atoms with E-state index in [-0.39, 0.29) is 17.7 Å². The van der Waals surface area contributed by atoms with E-state index in [1.54, 1.807) is 219 Å². The van der Waals surface area contributed by atoms with Gasteiger partial charge in [-0.3, -0.25) is 24.0 Å². The van der Waals surface area contributed by atoms with E-state index in [2.05, 4.69) is 128 Å². The Labute approximate surface area is 831 Å². The van der Waals surface area contributed by atoms with Crippen molar-refractivity contribution in [2.45, 2.75) is 51.0 Å². The Kier molecular flexibility index (Phi) is 38.8. The van der Waals surface area contributed by atoms with Gasteiger partial charge in [-0.25, -0.2) is 73.8 Å². The maximum Gasteiger partial charge on any atom is 0.330 e. The summed E-state index contributed by atoms with van der Waals surface area (Å²) in [5.74, 6) is 0.658. The monoisotopic (exact) mass is 1950 g/mol. The lowest BCUT2D eigenvalue weighted by Crippen LogP contribution is -2.21. The molecular formula is C106H102N22O17. The van der Waals surface area contributed by atoms with E-state index in [9.17, 15) is 73.5 Å². The van der Waals surface area contributed by atoms with Crippen LogP contribution >= 0.6 is 0 Å². The summed E-state index contributed by atoms with van der Waals surface area (Å²) in [5, 5.41) is 79.7. The van der Waals surface area contributed by atoms with E-state index < -0.39 is 71.9 Å². The average Bonchev–Trinajstić information content (AvgIpc) is 0.783. The van der Waals surface area contributed by atoms with Crippen molar-refractivity contribution in [3.63, 3.8) is 0 Å². The number of carboxylic acids is 5. The Hall–Kier alpha value is -19.4. The normalized spacial score (nSPS) is 11.7. The molecule has 10 aromatic carbocycles. The Morgan fingerprint density at radius 3 is 0.855 bits per heavy atom. The van der Waals surface area contributed by atoms with Crippen molar-refractivity contribution >= 4 is 171 Å². The molecule has 39 nitrogen and oxygen atoms in total. The summed E-state index contributed by atoms with van der Waals surface area (Å²) in [7, 11) is 7.65. The number of fused-ring (bicyclic) bond motifs is 5. The number of amides is 5. The summed E-state index contributed by atoms with van der Waals surface area (Å²) in [5.41, 5.74) is 8.38. The first-order valence-electron chi connectivity index (χ1n) is 44.7. The van der Waals surface area contributed by atoms with Gasteiger partial charge < -0.3 is 98.0 Å². The molecule has 0 fully saturated rings. The standard InChI is InChI=1S/C24H27N5O4.C22H23N5O3.C21H20N4O4.C20H16N4O3.C19H16N4O3/c1-4-33-20-14-18-17(13-19(20)27-21(30)11-8-12-29(2)3)23(26-15-25-18)28-22(24(31)32)16-9-6-5-7-10-16;1-27(2)12-6-9-19(28)25-16-10-11-18-17(13-16)21(24-14-23-18)26-20(22(29)30)15-7-4-3-5-8-15;1-3-18(26)24-16-10-14-15(11-17(16)29-4-2)22-12-23-20(14)25-19(21(27)28)13-8-6-5-7-9-13;1-2-6-17(25)23-14-9-10-16-15(11-14)19(22-12-21-16)24-18(20(26)27)13-7-4-3-5-8-13;1-2-16(24)22-13-8-9-15-14(10-13)18(21-11-20-15)23-17(19(25)26)12-6-4-3-5-7-12/h5-11,13-15,22H,4,12H2,1-3H3,(H,27,30)(H,31,32)(H,25,26,28);3-11,13-14,20H,12H2,1-2H3,(H,25,28)(H,29,30)(H,23,24,26);3,5-12,19H,1,4H2,2H3,(H,24,26)(H,27,28)(H,22,23,25);3-5,7-12,18H,1H3,(H,23,25)(H,26,27)(H,21,22,24);2-11,17H,1H2,(H,22,24)(H,25,26)(H,20,21,23)/b11-8+;9-6+;;;/t22-;20-;19-;18-;17-/m00000/s1. The molecule has 5 amide bonds. The number of hydrogen-bond acceptors (Lipinski definition) is 29. The molecule has 0 aliphatic rings. The molecule has 0 spiro atoms. The Morgan fingerprint density at radius 2 is 0.586 bits per heavy atom. The van der Waals surface area contributed by atoms with Crippen LogP contribution in [0.2, 0.25) is 0 Å². The Balaban J connectivity index is 0.000000173. The van der Waals surface area contributed by atoms with Crippen molar-refractivity contribution < 1.29 is 83.0 Å². The predicted octanol–water partition coefficient (Wildman–Crippen LogP) is 15.5. The lowest BCUT2D eigenvalue weighted by Gasteiger charge is -2.18. The van der Waals surface area contributed by atoms with Gasteiger partial charge in [-0.05, 0) is 162 Å². The van der Waals surface area contributed by atoms with Crippen molar-refractivity contribution in [2.75, 3.05) is 108 Å². The number of benzene rings is 10. The zero-order valence-electron chi connectivity index (χ0n) is 79.4. The van der Waals surface area contributed by atoms with Crippen LogP contribution in [-0.2, 0) is 47.9 Å². The van der Waals surface area contributed by atoms with Crippen molar-refractivity contribution in [3.05, 3.63) is 340 Å². The third-order valence-corrected chi connectivity index (χ3v) is 20.7. The number of ether oxygens (including phenoxy) is 2. The second-order valence-electron chi connectivity index (χ2n) is 31.6. The molecule has 15 N–H and O–H groups in total. The molecule has 0 bridgehead atoms. The first-order chi connectivity index (χ1) is 70.0. The van der Waals surface area contributed by atoms with E-state index in [0.29, 0.717) is 178 Å². The summed E-state index contributed by atoms with van der Waals surface area (Å²) in [6, 6.07) is 61.3. The SMILES string of the molecule is C=CC(=O)Nc1cc2c(N[C@H](C(=O)O)c3ccccc3)ncnc2cc1OCC.C=CC(=O)Nc1ccc2ncnc(N[C@H](C(=O)O)c3ccccc3)c2c1.CC#CC(=O)Nc1ccc2ncnc(N[C@H](C(=O)O)c3ccccc3)c2c1.CCOc1cc2ncnc(N[C@H](C(=O)O)c3ccccc3)c2cc1NC(=O)/C=C/CN(C)C.CN(C)C/C=C/C(=O)Nc1ccc2ncnc(N[C@H](C(=O)O)c3ccccc3)c2c1. The van der Waals surface area contributed by atoms with Crippen LogP contribution < -0.4 is 62.6 Å². The highest BCUT2D eigenvalue weighted by Crippen LogP contribution is 2.38. The summed E-state index contributed by atoms with van der Waals surface area (Å²) in [4.78, 5) is 165. The van der Waals surface area contributed by atoms with Crippen molar-refractivity contribution in [1.82, 2.24) is 59.6 Å². The first-order valence-corrected chi connectivity index (χ1v) is 44.7. The highest BCUT2D eigenvalue weighted by molar-refractivity contribution is 6.08. The number of nitrogens with one attached hydrogen (secondary N) is 10. The summed E-state index contributed by atoms with van der Waals surface area (Å²) in [6.07, 6.45) is 15.5. The van der Waals surface area contributed by atoms with E-state index in [1.165, 1.54) is 49.9 Å². The minimum Gasteiger partial charge on any atom is -0.492 e. The van der Waals surface area contributed by atoms with Crippen LogP contribution in [0.25, 0.3) is 54.5 Å². The van der Waals surface area contributed by atoms with Gasteiger partial charge in [0.2, 0.25) is 23.6 Å². The second kappa shape index (κ2) is 53.0. The molecule has 39 heteroatoms. The highest BCUT2D eigenvalue weighted by Gasteiger charge is 2.28. The third kappa shape index (κ3) is 30.8. The lowest BCUT2D eigenvalue weighted by atomic mass is 10.1. The van der Waals surface area contributed by atoms with Gasteiger partial charge in [-0.1, -0.05) is 183 Å². The summed E-state index contributed by atoms with van der Waals surface area (Å²) >= 11 is 0. The molecule has 5 atom stereocenters. The van der Waals surface area contributed by atoms with Crippen LogP contribution in [0.15, 0.2) is 312 Å². The maximum atomic E-state index is 12.4. The number of carboxylic acid groups (broad SMARTS) is 5. The van der Waals surface area contributed by atoms with Gasteiger partial charge in [0.15, 0.2) is 30.2 Å². The van der Waals surface area contributed by atoms with E-state index in [4.69, 9.17) is 9.47 Å². The molecule has 5 heterocycles. The molecule has 0 radical (unpaired) electrons. The van der Waals surface area contributed by atoms with Gasteiger partial charge in [0.05, 0.1) is 52.2 Å². The smallest absolute Gasteiger partial charge is 0.330 e. The number of rotatable bonds is 37. The molecule has 15 rings (SSSR count). The maximum absolute atomic E-state index is 12.4. The lowest BCUT2D eigenvalue weighted by molar-refractivity contribution is -0.139. The van der Waals surface area contributed by atoms with Gasteiger partial charge in [-0.2, -0.15) is 0 Å². The minimum atomic E-state index is -1.05. The first kappa shape index (κ1) is 106. The quantitative estimate of drug-likeness (QED) is 0.0127. The predicted molar refractivity (Wildman–Crippen MR) is 555 cm³/mol. The van der Waals surface area contributed by atoms with Crippen LogP contribution in [0.3, 0.4) is 0 Å². The molecular weight excluding hydrogens is 1850 g/mol. The summed E-state index contributed by atoms with van der Waals surface area (Å²) in [6.45, 7) is 14.2. The highest BCUT2D eigenvalue weighted by atomic mass is 16.5. The fraction of sp³-hybridized carbons (Fsp3) is 0.151. The molecule has 0 saturated carbocycles. The van der Waals surface area contributed by atoms with Gasteiger partial charge >= 0.3 is 29.8 Å². The van der Waals surface area contributed by atoms with Crippen LogP contribution in [0.1, 0.15) is 78.8 Å². The van der Waals surface area contributed by atoms with E-state index in [1.807, 2.05) is 82.2 Å². The van der Waals surface area contributed by atoms with Crippen LogP contribution in [0.4, 0.5) is 57.5 Å². The van der Waals surface area contributed by atoms with E-state index >= 15 is 0 Å². The molecule has 0 saturated heterocycles. The number of carbonyl (C=O) groups is 10. The fourth-order valence-electron chi connectivity index (χ4n) is 14.0. The number of aliphatic carboxylic acids is 5. The zero-order chi connectivity index (χ0) is 104. The number of hydrogen-bond donors (Lipinski definition) is 15. The molecule has 738 valence electrons.